The van der Waals surface area contributed by atoms with Gasteiger partial charge in [0.2, 0.25) is 15.2 Å². The van der Waals surface area contributed by atoms with Gasteiger partial charge in [-0.05, 0) is 72.9 Å². The Balaban J connectivity index is 1.54. The number of rotatable bonds is 9. The van der Waals surface area contributed by atoms with Crippen molar-refractivity contribution in [2.24, 2.45) is 11.1 Å². The van der Waals surface area contributed by atoms with E-state index in [1.54, 1.807) is 4.68 Å². The van der Waals surface area contributed by atoms with Gasteiger partial charge < -0.3 is 5.11 Å². The fraction of sp³-hybridized carbons (Fsp3) is 0.233. The molecule has 11 heteroatoms. The maximum Gasteiger partial charge on any atom is 0.355 e. The summed E-state index contributed by atoms with van der Waals surface area (Å²) in [5, 5.41) is 21.5. The molecule has 8 nitrogen and oxygen atoms in total. The summed E-state index contributed by atoms with van der Waals surface area (Å²) < 4.78 is 40.6. The van der Waals surface area contributed by atoms with Gasteiger partial charge >= 0.3 is 5.97 Å². The highest BCUT2D eigenvalue weighted by Crippen LogP contribution is 2.39. The van der Waals surface area contributed by atoms with Crippen molar-refractivity contribution < 1.29 is 22.7 Å². The Morgan fingerprint density at radius 2 is 1.98 bits per heavy atom. The number of sulfonamides is 1. The summed E-state index contributed by atoms with van der Waals surface area (Å²) in [7, 11) is -4.06. The number of allylic oxidation sites excluding steroid dienone is 4. The molecule has 2 aromatic carbocycles. The van der Waals surface area contributed by atoms with E-state index in [9.17, 15) is 18.3 Å². The van der Waals surface area contributed by atoms with Gasteiger partial charge in [0.15, 0.2) is 5.69 Å². The Kier molecular flexibility index (Phi) is 7.18. The molecule has 0 amide bonds. The second-order valence-corrected chi connectivity index (χ2v) is 12.8. The zero-order valence-electron chi connectivity index (χ0n) is 22.0. The van der Waals surface area contributed by atoms with Gasteiger partial charge in [-0.2, -0.15) is 5.10 Å². The number of nitrogens with two attached hydrogens (primary N) is 1. The number of benzene rings is 2. The van der Waals surface area contributed by atoms with Crippen LogP contribution in [0.2, 0.25) is 0 Å². The first-order valence-electron chi connectivity index (χ1n) is 13.2. The van der Waals surface area contributed by atoms with Crippen molar-refractivity contribution >= 4 is 32.9 Å². The minimum atomic E-state index is -4.06. The van der Waals surface area contributed by atoms with Crippen LogP contribution in [0.5, 0.6) is 0 Å². The summed E-state index contributed by atoms with van der Waals surface area (Å²) >= 11 is 1.18. The lowest BCUT2D eigenvalue weighted by Gasteiger charge is -2.14. The van der Waals surface area contributed by atoms with E-state index in [1.807, 2.05) is 18.2 Å². The molecule has 0 atom stereocenters. The lowest BCUT2D eigenvalue weighted by Crippen LogP contribution is -2.12. The van der Waals surface area contributed by atoms with Crippen LogP contribution in [0.1, 0.15) is 58.6 Å². The van der Waals surface area contributed by atoms with E-state index in [0.29, 0.717) is 28.7 Å². The third-order valence-electron chi connectivity index (χ3n) is 7.38. The molecule has 6 rings (SSSR count). The van der Waals surface area contributed by atoms with Crippen molar-refractivity contribution in [1.82, 2.24) is 14.8 Å². The van der Waals surface area contributed by atoms with Gasteiger partial charge in [-0.3, -0.25) is 0 Å². The number of halogens is 1. The second-order valence-electron chi connectivity index (χ2n) is 10.4. The summed E-state index contributed by atoms with van der Waals surface area (Å²) in [6.07, 6.45) is 11.1. The first kappa shape index (κ1) is 27.3. The molecule has 41 heavy (non-hydrogen) atoms. The number of carbonyl (C=O) groups is 1. The number of nitrogens with zero attached hydrogens (tertiary/aromatic N) is 3. The summed E-state index contributed by atoms with van der Waals surface area (Å²) in [5.74, 6) is -1.34. The average molecular weight is 591 g/mol. The Labute approximate surface area is 240 Å². The van der Waals surface area contributed by atoms with Gasteiger partial charge in [0, 0.05) is 22.9 Å². The highest BCUT2D eigenvalue weighted by atomic mass is 32.2. The minimum absolute atomic E-state index is 0.0748. The molecule has 2 heterocycles. The quantitative estimate of drug-likeness (QED) is 0.255. The minimum Gasteiger partial charge on any atom is -0.476 e. The van der Waals surface area contributed by atoms with Gasteiger partial charge in [0.05, 0.1) is 16.3 Å². The molecule has 2 aromatic heterocycles. The average Bonchev–Trinajstić information content (AvgIpc) is 3.50. The number of hydrogen-bond donors (Lipinski definition) is 2. The molecular weight excluding hydrogens is 563 g/mol. The Bertz CT molecular complexity index is 1830. The van der Waals surface area contributed by atoms with E-state index in [1.165, 1.54) is 34.4 Å². The summed E-state index contributed by atoms with van der Waals surface area (Å²) in [6, 6.07) is 11.8. The smallest absolute Gasteiger partial charge is 0.355 e. The van der Waals surface area contributed by atoms with Crippen molar-refractivity contribution in [3.05, 3.63) is 100.0 Å². The predicted octanol–water partition coefficient (Wildman–Crippen LogP) is 5.76. The van der Waals surface area contributed by atoms with Crippen LogP contribution < -0.4 is 5.14 Å². The Hall–Kier alpha value is -3.93. The number of aromatic carboxylic acids is 1. The van der Waals surface area contributed by atoms with Gasteiger partial charge in [-0.1, -0.05) is 42.5 Å². The summed E-state index contributed by atoms with van der Waals surface area (Å²) in [4.78, 5) is 15.7. The lowest BCUT2D eigenvalue weighted by molar-refractivity contribution is 0.0691. The monoisotopic (exact) mass is 590 g/mol. The molecule has 2 aliphatic rings. The molecule has 0 unspecified atom stereocenters. The largest absolute Gasteiger partial charge is 0.476 e. The molecule has 4 aromatic rings. The standard InChI is InChI=1S/C30H27FN4O4S2/c31-25-16-23(41(32,38)39)12-11-21(25)15-24-26(13-18-9-10-18)34-35(30-33-27(17-40-30)29(36)37)28(24)22-8-4-7-20(14-22)19-5-2-1-3-6-19/h1-2,4-5,7-8,11-12,14,16-18H,3,6,9-10,13,15H2,(H,36,37)(H2,32,38,39). The highest BCUT2D eigenvalue weighted by Gasteiger charge is 2.29. The molecule has 0 aliphatic heterocycles. The topological polar surface area (TPSA) is 128 Å². The molecule has 0 bridgehead atoms. The van der Waals surface area contributed by atoms with E-state index in [4.69, 9.17) is 10.2 Å². The first-order valence-corrected chi connectivity index (χ1v) is 15.7. The highest BCUT2D eigenvalue weighted by molar-refractivity contribution is 7.89. The predicted molar refractivity (Wildman–Crippen MR) is 155 cm³/mol. The molecule has 0 spiro atoms. The molecule has 210 valence electrons. The normalized spacial score (nSPS) is 15.2. The van der Waals surface area contributed by atoms with Crippen LogP contribution in [-0.2, 0) is 22.9 Å². The zero-order valence-corrected chi connectivity index (χ0v) is 23.6. The van der Waals surface area contributed by atoms with Crippen molar-refractivity contribution in [2.75, 3.05) is 0 Å². The summed E-state index contributed by atoms with van der Waals surface area (Å²) in [6.45, 7) is 0. The number of primary sulfonamides is 1. The molecule has 1 fully saturated rings. The third kappa shape index (κ3) is 5.79. The number of carboxylic acid groups (broad SMARTS) is 1. The van der Waals surface area contributed by atoms with E-state index >= 15 is 4.39 Å². The van der Waals surface area contributed by atoms with Crippen molar-refractivity contribution in [3.63, 3.8) is 0 Å². The molecule has 3 N–H and O–H groups in total. The third-order valence-corrected chi connectivity index (χ3v) is 9.11. The SMILES string of the molecule is NS(=O)(=O)c1ccc(Cc2c(CC3CC3)nn(-c3nc(C(=O)O)cs3)c2-c2cccc(C3=CC=CCC3)c2)c(F)c1. The van der Waals surface area contributed by atoms with E-state index < -0.39 is 21.8 Å². The molecule has 0 radical (unpaired) electrons. The number of carboxylic acids is 1. The number of thiazole rings is 1. The van der Waals surface area contributed by atoms with E-state index in [2.05, 4.69) is 29.3 Å². The van der Waals surface area contributed by atoms with Gasteiger partial charge in [0.1, 0.15) is 5.82 Å². The number of aromatic nitrogens is 3. The van der Waals surface area contributed by atoms with Crippen LogP contribution in [-0.4, -0.2) is 34.3 Å². The van der Waals surface area contributed by atoms with Crippen LogP contribution in [0.15, 0.2) is 71.0 Å². The molecule has 2 aliphatic carbocycles. The molecule has 1 saturated carbocycles. The fourth-order valence-electron chi connectivity index (χ4n) is 5.08. The second kappa shape index (κ2) is 10.8. The van der Waals surface area contributed by atoms with E-state index in [-0.39, 0.29) is 17.0 Å². The van der Waals surface area contributed by atoms with E-state index in [0.717, 1.165) is 54.1 Å². The molecular formula is C30H27FN4O4S2. The maximum atomic E-state index is 15.3. The van der Waals surface area contributed by atoms with Gasteiger partial charge in [0.25, 0.3) is 0 Å². The number of hydrogen-bond acceptors (Lipinski definition) is 6. The first-order chi connectivity index (χ1) is 19.7. The maximum absolute atomic E-state index is 15.3. The van der Waals surface area contributed by atoms with Crippen molar-refractivity contribution in [3.8, 4) is 16.4 Å². The Morgan fingerprint density at radius 3 is 2.63 bits per heavy atom. The molecule has 0 saturated heterocycles. The van der Waals surface area contributed by atoms with Crippen LogP contribution in [0.3, 0.4) is 0 Å². The summed E-state index contributed by atoms with van der Waals surface area (Å²) in [5.41, 5.74) is 5.61. The van der Waals surface area contributed by atoms with Crippen molar-refractivity contribution in [1.29, 1.82) is 0 Å². The fourth-order valence-corrected chi connectivity index (χ4v) is 6.36. The van der Waals surface area contributed by atoms with Crippen LogP contribution in [0.25, 0.3) is 22.0 Å². The van der Waals surface area contributed by atoms with Crippen molar-refractivity contribution in [2.45, 2.75) is 43.4 Å². The van der Waals surface area contributed by atoms with Gasteiger partial charge in [-0.15, -0.1) is 11.3 Å². The van der Waals surface area contributed by atoms with Crippen LogP contribution in [0.4, 0.5) is 4.39 Å². The van der Waals surface area contributed by atoms with Crippen LogP contribution in [0, 0.1) is 11.7 Å². The lowest BCUT2D eigenvalue weighted by atomic mass is 9.93. The Morgan fingerprint density at radius 1 is 1.17 bits per heavy atom. The van der Waals surface area contributed by atoms with Crippen LogP contribution >= 0.6 is 11.3 Å². The zero-order chi connectivity index (χ0) is 28.7. The van der Waals surface area contributed by atoms with Gasteiger partial charge in [-0.25, -0.2) is 32.4 Å².